The number of ether oxygens (including phenoxy) is 3. The standard InChI is InChI=1S/C12H14ClFO3.C9H9FO3/c1-2-16-12(15)9-4-5-11(10(14)8-9)17-7-3-6-13;1-2-13-9(12)6-3-4-8(11)7(10)5-6/h4-5,8H,2-3,6-7H2,1H3;3-5,11H,2H2,1H3. The van der Waals surface area contributed by atoms with E-state index in [-0.39, 0.29) is 30.1 Å². The number of carbonyl (C=O) groups excluding carboxylic acids is 2. The first-order valence-corrected chi connectivity index (χ1v) is 9.68. The molecule has 0 unspecified atom stereocenters. The maximum atomic E-state index is 13.5. The molecule has 0 fully saturated rings. The lowest BCUT2D eigenvalue weighted by atomic mass is 10.2. The SMILES string of the molecule is CCOC(=O)c1ccc(O)c(F)c1.CCOC(=O)c1ccc(OCCCCl)c(F)c1. The quantitative estimate of drug-likeness (QED) is 0.360. The van der Waals surface area contributed by atoms with Crippen molar-refractivity contribution in [2.75, 3.05) is 25.7 Å². The Morgan fingerprint density at radius 1 is 0.933 bits per heavy atom. The second-order valence-electron chi connectivity index (χ2n) is 5.64. The maximum absolute atomic E-state index is 13.5. The molecule has 0 aliphatic heterocycles. The lowest BCUT2D eigenvalue weighted by Crippen LogP contribution is -2.06. The Bertz CT molecular complexity index is 844. The maximum Gasteiger partial charge on any atom is 0.338 e. The zero-order chi connectivity index (χ0) is 22.5. The third-order valence-corrected chi connectivity index (χ3v) is 3.70. The minimum absolute atomic E-state index is 0.0946. The van der Waals surface area contributed by atoms with Crippen LogP contribution in [-0.4, -0.2) is 42.7 Å². The molecule has 0 heterocycles. The Morgan fingerprint density at radius 3 is 1.93 bits per heavy atom. The van der Waals surface area contributed by atoms with Crippen molar-refractivity contribution < 1.29 is 37.7 Å². The fourth-order valence-electron chi connectivity index (χ4n) is 2.04. The van der Waals surface area contributed by atoms with E-state index in [1.54, 1.807) is 13.8 Å². The Labute approximate surface area is 178 Å². The van der Waals surface area contributed by atoms with E-state index in [2.05, 4.69) is 4.74 Å². The number of hydrogen-bond acceptors (Lipinski definition) is 6. The molecule has 6 nitrogen and oxygen atoms in total. The fraction of sp³-hybridized carbons (Fsp3) is 0.333. The molecule has 0 saturated heterocycles. The summed E-state index contributed by atoms with van der Waals surface area (Å²) in [5, 5.41) is 8.83. The number of benzene rings is 2. The summed E-state index contributed by atoms with van der Waals surface area (Å²) in [4.78, 5) is 22.4. The molecule has 0 saturated carbocycles. The summed E-state index contributed by atoms with van der Waals surface area (Å²) in [6.45, 7) is 4.20. The van der Waals surface area contributed by atoms with Crippen LogP contribution in [0.1, 0.15) is 41.0 Å². The molecular weight excluding hydrogens is 422 g/mol. The van der Waals surface area contributed by atoms with Crippen molar-refractivity contribution >= 4 is 23.5 Å². The monoisotopic (exact) mass is 444 g/mol. The van der Waals surface area contributed by atoms with Crippen LogP contribution >= 0.6 is 11.6 Å². The summed E-state index contributed by atoms with van der Waals surface area (Å²) in [6, 6.07) is 7.34. The fourth-order valence-corrected chi connectivity index (χ4v) is 2.15. The van der Waals surface area contributed by atoms with Gasteiger partial charge in [-0.25, -0.2) is 18.4 Å². The Balaban J connectivity index is 0.000000311. The second kappa shape index (κ2) is 13.4. The predicted octanol–water partition coefficient (Wildman–Crippen LogP) is 4.72. The molecule has 0 radical (unpaired) electrons. The highest BCUT2D eigenvalue weighted by atomic mass is 35.5. The van der Waals surface area contributed by atoms with Crippen LogP contribution in [0.5, 0.6) is 11.5 Å². The minimum atomic E-state index is -0.828. The number of esters is 2. The van der Waals surface area contributed by atoms with Gasteiger partial charge in [0.1, 0.15) is 0 Å². The number of hydrogen-bond donors (Lipinski definition) is 1. The van der Waals surface area contributed by atoms with Crippen molar-refractivity contribution in [3.63, 3.8) is 0 Å². The topological polar surface area (TPSA) is 82.1 Å². The van der Waals surface area contributed by atoms with Crippen molar-refractivity contribution in [1.82, 2.24) is 0 Å². The van der Waals surface area contributed by atoms with Gasteiger partial charge in [-0.2, -0.15) is 0 Å². The molecule has 2 aromatic rings. The summed E-state index contributed by atoms with van der Waals surface area (Å²) in [5.41, 5.74) is 0.270. The van der Waals surface area contributed by atoms with Gasteiger partial charge in [-0.3, -0.25) is 0 Å². The molecule has 0 atom stereocenters. The van der Waals surface area contributed by atoms with Crippen LogP contribution < -0.4 is 4.74 Å². The van der Waals surface area contributed by atoms with E-state index in [0.29, 0.717) is 18.9 Å². The molecule has 164 valence electrons. The number of phenolic OH excluding ortho intramolecular Hbond substituents is 1. The summed E-state index contributed by atoms with van der Waals surface area (Å²) in [6.07, 6.45) is 0.640. The molecule has 2 aromatic carbocycles. The first-order valence-electron chi connectivity index (χ1n) is 9.15. The largest absolute Gasteiger partial charge is 0.505 e. The number of rotatable bonds is 8. The predicted molar refractivity (Wildman–Crippen MR) is 107 cm³/mol. The van der Waals surface area contributed by atoms with E-state index >= 15 is 0 Å². The van der Waals surface area contributed by atoms with Gasteiger partial charge < -0.3 is 19.3 Å². The zero-order valence-electron chi connectivity index (χ0n) is 16.6. The Kier molecular flexibility index (Phi) is 11.2. The van der Waals surface area contributed by atoms with Gasteiger partial charge in [0.25, 0.3) is 0 Å². The van der Waals surface area contributed by atoms with Gasteiger partial charge in [0.05, 0.1) is 30.9 Å². The van der Waals surface area contributed by atoms with E-state index in [0.717, 1.165) is 18.2 Å². The molecule has 9 heteroatoms. The molecular formula is C21H23ClF2O6. The van der Waals surface area contributed by atoms with Crippen LogP contribution in [0.3, 0.4) is 0 Å². The summed E-state index contributed by atoms with van der Waals surface area (Å²) < 4.78 is 40.8. The van der Waals surface area contributed by atoms with Crippen LogP contribution in [0.4, 0.5) is 8.78 Å². The molecule has 0 aliphatic rings. The van der Waals surface area contributed by atoms with E-state index in [1.165, 1.54) is 18.2 Å². The van der Waals surface area contributed by atoms with Gasteiger partial charge in [0, 0.05) is 5.88 Å². The molecule has 0 aliphatic carbocycles. The molecule has 0 amide bonds. The molecule has 2 rings (SSSR count). The number of aromatic hydroxyl groups is 1. The number of phenols is 1. The van der Waals surface area contributed by atoms with Crippen LogP contribution in [0, 0.1) is 11.6 Å². The van der Waals surface area contributed by atoms with Crippen molar-refractivity contribution in [3.05, 3.63) is 59.2 Å². The van der Waals surface area contributed by atoms with Crippen molar-refractivity contribution in [2.45, 2.75) is 20.3 Å². The molecule has 0 spiro atoms. The van der Waals surface area contributed by atoms with Gasteiger partial charge in [0.15, 0.2) is 23.1 Å². The van der Waals surface area contributed by atoms with Gasteiger partial charge in [-0.05, 0) is 56.7 Å². The van der Waals surface area contributed by atoms with Gasteiger partial charge in [0.2, 0.25) is 0 Å². The molecule has 0 aromatic heterocycles. The first kappa shape index (κ1) is 25.2. The lowest BCUT2D eigenvalue weighted by molar-refractivity contribution is 0.0516. The van der Waals surface area contributed by atoms with Crippen LogP contribution in [-0.2, 0) is 9.47 Å². The Morgan fingerprint density at radius 2 is 1.47 bits per heavy atom. The average molecular weight is 445 g/mol. The highest BCUT2D eigenvalue weighted by Crippen LogP contribution is 2.19. The summed E-state index contributed by atoms with van der Waals surface area (Å²) in [7, 11) is 0. The van der Waals surface area contributed by atoms with E-state index < -0.39 is 29.3 Å². The highest BCUT2D eigenvalue weighted by molar-refractivity contribution is 6.17. The van der Waals surface area contributed by atoms with E-state index in [9.17, 15) is 18.4 Å². The normalized spacial score (nSPS) is 9.90. The third-order valence-electron chi connectivity index (χ3n) is 3.44. The number of carbonyl (C=O) groups is 2. The third kappa shape index (κ3) is 8.24. The van der Waals surface area contributed by atoms with Crippen LogP contribution in [0.2, 0.25) is 0 Å². The van der Waals surface area contributed by atoms with Gasteiger partial charge in [-0.15, -0.1) is 11.6 Å². The molecule has 1 N–H and O–H groups in total. The Hall–Kier alpha value is -2.87. The van der Waals surface area contributed by atoms with Gasteiger partial charge in [-0.1, -0.05) is 0 Å². The lowest BCUT2D eigenvalue weighted by Gasteiger charge is -2.07. The zero-order valence-corrected chi connectivity index (χ0v) is 17.4. The van der Waals surface area contributed by atoms with Crippen molar-refractivity contribution in [3.8, 4) is 11.5 Å². The highest BCUT2D eigenvalue weighted by Gasteiger charge is 2.11. The smallest absolute Gasteiger partial charge is 0.338 e. The van der Waals surface area contributed by atoms with Crippen LogP contribution in [0.25, 0.3) is 0 Å². The van der Waals surface area contributed by atoms with E-state index in [1.807, 2.05) is 0 Å². The average Bonchev–Trinajstić information content (AvgIpc) is 2.72. The van der Waals surface area contributed by atoms with Gasteiger partial charge >= 0.3 is 11.9 Å². The summed E-state index contributed by atoms with van der Waals surface area (Å²) in [5.74, 6) is -2.45. The van der Waals surface area contributed by atoms with Crippen LogP contribution in [0.15, 0.2) is 36.4 Å². The minimum Gasteiger partial charge on any atom is -0.505 e. The van der Waals surface area contributed by atoms with Crippen molar-refractivity contribution in [2.24, 2.45) is 0 Å². The number of halogens is 3. The van der Waals surface area contributed by atoms with Crippen molar-refractivity contribution in [1.29, 1.82) is 0 Å². The first-order chi connectivity index (χ1) is 14.3. The molecule has 30 heavy (non-hydrogen) atoms. The second-order valence-corrected chi connectivity index (χ2v) is 6.02. The number of alkyl halides is 1. The molecule has 0 bridgehead atoms. The van der Waals surface area contributed by atoms with E-state index in [4.69, 9.17) is 26.2 Å². The summed E-state index contributed by atoms with van der Waals surface area (Å²) >= 11 is 5.47.